The number of carbonyl (C=O) groups excluding carboxylic acids is 1. The van der Waals surface area contributed by atoms with E-state index in [1.165, 1.54) is 12.1 Å². The molecule has 2 N–H and O–H groups in total. The summed E-state index contributed by atoms with van der Waals surface area (Å²) in [5.41, 5.74) is 8.01. The summed E-state index contributed by atoms with van der Waals surface area (Å²) < 4.78 is 13.3. The Kier molecular flexibility index (Phi) is 3.29. The molecule has 0 atom stereocenters. The molecule has 0 unspecified atom stereocenters. The predicted octanol–water partition coefficient (Wildman–Crippen LogP) is 1.99. The Labute approximate surface area is 121 Å². The third-order valence-electron chi connectivity index (χ3n) is 3.46. The monoisotopic (exact) mass is 286 g/mol. The molecule has 6 heteroatoms. The highest BCUT2D eigenvalue weighted by Gasteiger charge is 2.25. The van der Waals surface area contributed by atoms with Crippen LogP contribution in [0.15, 0.2) is 24.3 Å². The lowest BCUT2D eigenvalue weighted by atomic mass is 10.0. The van der Waals surface area contributed by atoms with E-state index in [2.05, 4.69) is 9.97 Å². The van der Waals surface area contributed by atoms with E-state index in [1.54, 1.807) is 17.0 Å². The Morgan fingerprint density at radius 1 is 1.29 bits per heavy atom. The lowest BCUT2D eigenvalue weighted by Crippen LogP contribution is -2.35. The van der Waals surface area contributed by atoms with Crippen LogP contribution in [0.5, 0.6) is 0 Å². The van der Waals surface area contributed by atoms with Crippen LogP contribution in [0.4, 0.5) is 15.9 Å². The molecule has 2 aromatic rings. The molecule has 108 valence electrons. The molecule has 5 nitrogen and oxygen atoms in total. The summed E-state index contributed by atoms with van der Waals surface area (Å²) in [6.45, 7) is 2.06. The average molecular weight is 286 g/mol. The molecule has 0 bridgehead atoms. The summed E-state index contributed by atoms with van der Waals surface area (Å²) in [6.07, 6.45) is 0.914. The normalized spacial score (nSPS) is 14.2. The third-order valence-corrected chi connectivity index (χ3v) is 3.46. The zero-order chi connectivity index (χ0) is 15.0. The van der Waals surface area contributed by atoms with Gasteiger partial charge in [0.25, 0.3) is 0 Å². The van der Waals surface area contributed by atoms with Gasteiger partial charge in [-0.15, -0.1) is 0 Å². The second kappa shape index (κ2) is 5.12. The zero-order valence-electron chi connectivity index (χ0n) is 11.6. The van der Waals surface area contributed by atoms with Crippen LogP contribution in [0.3, 0.4) is 0 Å². The molecule has 1 aromatic heterocycles. The first-order valence-electron chi connectivity index (χ1n) is 6.72. The van der Waals surface area contributed by atoms with Crippen LogP contribution >= 0.6 is 0 Å². The SMILES string of the molecule is Cc1cc(N)nc(CN2C(=O)CCc3cc(F)ccc32)n1. The van der Waals surface area contributed by atoms with Crippen molar-refractivity contribution < 1.29 is 9.18 Å². The number of benzene rings is 1. The lowest BCUT2D eigenvalue weighted by Gasteiger charge is -2.29. The van der Waals surface area contributed by atoms with E-state index in [0.29, 0.717) is 24.5 Å². The quantitative estimate of drug-likeness (QED) is 0.916. The Balaban J connectivity index is 1.96. The number of anilines is 2. The molecule has 0 radical (unpaired) electrons. The molecular weight excluding hydrogens is 271 g/mol. The van der Waals surface area contributed by atoms with Crippen LogP contribution < -0.4 is 10.6 Å². The van der Waals surface area contributed by atoms with Gasteiger partial charge in [-0.3, -0.25) is 4.79 Å². The fourth-order valence-corrected chi connectivity index (χ4v) is 2.57. The molecule has 1 aliphatic rings. The van der Waals surface area contributed by atoms with E-state index in [9.17, 15) is 9.18 Å². The predicted molar refractivity (Wildman–Crippen MR) is 77.1 cm³/mol. The van der Waals surface area contributed by atoms with Gasteiger partial charge in [-0.2, -0.15) is 0 Å². The second-order valence-corrected chi connectivity index (χ2v) is 5.10. The van der Waals surface area contributed by atoms with Crippen molar-refractivity contribution in [3.63, 3.8) is 0 Å². The highest BCUT2D eigenvalue weighted by Crippen LogP contribution is 2.29. The molecule has 1 aliphatic heterocycles. The summed E-state index contributed by atoms with van der Waals surface area (Å²) in [5, 5.41) is 0. The summed E-state index contributed by atoms with van der Waals surface area (Å²) in [6, 6.07) is 6.13. The number of aryl methyl sites for hydroxylation is 2. The van der Waals surface area contributed by atoms with Gasteiger partial charge in [0.1, 0.15) is 11.6 Å². The molecule has 0 saturated carbocycles. The van der Waals surface area contributed by atoms with Crippen LogP contribution in [0.2, 0.25) is 0 Å². The maximum absolute atomic E-state index is 13.3. The van der Waals surface area contributed by atoms with E-state index in [1.807, 2.05) is 6.92 Å². The first kappa shape index (κ1) is 13.5. The molecular formula is C15H15FN4O. The Morgan fingerprint density at radius 2 is 2.10 bits per heavy atom. The molecule has 21 heavy (non-hydrogen) atoms. The number of halogens is 1. The largest absolute Gasteiger partial charge is 0.384 e. The third kappa shape index (κ3) is 2.69. The number of aromatic nitrogens is 2. The minimum absolute atomic E-state index is 0.0159. The van der Waals surface area contributed by atoms with Gasteiger partial charge in [-0.05, 0) is 37.1 Å². The number of amides is 1. The van der Waals surface area contributed by atoms with E-state index in [0.717, 1.165) is 16.9 Å². The first-order chi connectivity index (χ1) is 10.0. The van der Waals surface area contributed by atoms with Crippen LogP contribution in [0.1, 0.15) is 23.5 Å². The minimum atomic E-state index is -0.293. The van der Waals surface area contributed by atoms with Gasteiger partial charge in [0.15, 0.2) is 5.82 Å². The number of nitrogen functional groups attached to an aromatic ring is 1. The molecule has 0 aliphatic carbocycles. The van der Waals surface area contributed by atoms with Crippen molar-refractivity contribution in [1.29, 1.82) is 0 Å². The van der Waals surface area contributed by atoms with Crippen molar-refractivity contribution in [3.05, 3.63) is 47.2 Å². The number of nitrogens with zero attached hydrogens (tertiary/aromatic N) is 3. The molecule has 0 saturated heterocycles. The summed E-state index contributed by atoms with van der Waals surface area (Å²) >= 11 is 0. The Bertz CT molecular complexity index is 697. The molecule has 3 rings (SSSR count). The summed E-state index contributed by atoms with van der Waals surface area (Å²) in [7, 11) is 0. The van der Waals surface area contributed by atoms with E-state index >= 15 is 0 Å². The van der Waals surface area contributed by atoms with Crippen molar-refractivity contribution in [2.45, 2.75) is 26.3 Å². The van der Waals surface area contributed by atoms with Gasteiger partial charge in [0, 0.05) is 23.9 Å². The Morgan fingerprint density at radius 3 is 2.86 bits per heavy atom. The number of carbonyl (C=O) groups is 1. The van der Waals surface area contributed by atoms with Gasteiger partial charge in [0.2, 0.25) is 5.91 Å². The zero-order valence-corrected chi connectivity index (χ0v) is 11.6. The maximum Gasteiger partial charge on any atom is 0.227 e. The summed E-state index contributed by atoms with van der Waals surface area (Å²) in [4.78, 5) is 22.2. The molecule has 1 aromatic carbocycles. The number of hydrogen-bond acceptors (Lipinski definition) is 4. The number of rotatable bonds is 2. The van der Waals surface area contributed by atoms with Crippen molar-refractivity contribution in [3.8, 4) is 0 Å². The minimum Gasteiger partial charge on any atom is -0.384 e. The van der Waals surface area contributed by atoms with Crippen LogP contribution in [-0.2, 0) is 17.8 Å². The number of nitrogens with two attached hydrogens (primary N) is 1. The standard InChI is InChI=1S/C15H15FN4O/c1-9-6-13(17)19-14(18-9)8-20-12-4-3-11(16)7-10(12)2-5-15(20)21/h3-4,6-7H,2,5,8H2,1H3,(H2,17,18,19). The Hall–Kier alpha value is -2.50. The van der Waals surface area contributed by atoms with Crippen molar-refractivity contribution in [2.75, 3.05) is 10.6 Å². The molecule has 1 amide bonds. The van der Waals surface area contributed by atoms with Gasteiger partial charge in [-0.1, -0.05) is 0 Å². The fourth-order valence-electron chi connectivity index (χ4n) is 2.57. The summed E-state index contributed by atoms with van der Waals surface area (Å²) in [5.74, 6) is 0.552. The van der Waals surface area contributed by atoms with Gasteiger partial charge < -0.3 is 10.6 Å². The topological polar surface area (TPSA) is 72.1 Å². The molecule has 0 spiro atoms. The van der Waals surface area contributed by atoms with Crippen LogP contribution in [0.25, 0.3) is 0 Å². The number of fused-ring (bicyclic) bond motifs is 1. The number of hydrogen-bond donors (Lipinski definition) is 1. The highest BCUT2D eigenvalue weighted by atomic mass is 19.1. The van der Waals surface area contributed by atoms with Crippen molar-refractivity contribution >= 4 is 17.4 Å². The maximum atomic E-state index is 13.3. The van der Waals surface area contributed by atoms with Crippen molar-refractivity contribution in [2.24, 2.45) is 0 Å². The van der Waals surface area contributed by atoms with Crippen molar-refractivity contribution in [1.82, 2.24) is 9.97 Å². The van der Waals surface area contributed by atoms with Gasteiger partial charge in [-0.25, -0.2) is 14.4 Å². The van der Waals surface area contributed by atoms with Crippen LogP contribution in [-0.4, -0.2) is 15.9 Å². The molecule has 0 fully saturated rings. The van der Waals surface area contributed by atoms with E-state index < -0.39 is 0 Å². The smallest absolute Gasteiger partial charge is 0.227 e. The van der Waals surface area contributed by atoms with Gasteiger partial charge >= 0.3 is 0 Å². The highest BCUT2D eigenvalue weighted by molar-refractivity contribution is 5.96. The van der Waals surface area contributed by atoms with E-state index in [4.69, 9.17) is 5.73 Å². The van der Waals surface area contributed by atoms with Crippen LogP contribution in [0, 0.1) is 12.7 Å². The average Bonchev–Trinajstić information content (AvgIpc) is 2.41. The second-order valence-electron chi connectivity index (χ2n) is 5.10. The fraction of sp³-hybridized carbons (Fsp3) is 0.267. The molecule has 2 heterocycles. The first-order valence-corrected chi connectivity index (χ1v) is 6.72. The van der Waals surface area contributed by atoms with Gasteiger partial charge in [0.05, 0.1) is 6.54 Å². The lowest BCUT2D eigenvalue weighted by molar-refractivity contribution is -0.119. The van der Waals surface area contributed by atoms with E-state index in [-0.39, 0.29) is 18.3 Å².